The van der Waals surface area contributed by atoms with Crippen molar-refractivity contribution in [2.24, 2.45) is 5.92 Å². The predicted octanol–water partition coefficient (Wildman–Crippen LogP) is 5.07. The molecule has 1 fully saturated rings. The van der Waals surface area contributed by atoms with Gasteiger partial charge in [0.25, 0.3) is 0 Å². The van der Waals surface area contributed by atoms with Gasteiger partial charge in [-0.1, -0.05) is 25.1 Å². The number of esters is 1. The molecular formula is C24H31N3O2S. The Balaban J connectivity index is 1.60. The van der Waals surface area contributed by atoms with Crippen LogP contribution in [0.25, 0.3) is 0 Å². The summed E-state index contributed by atoms with van der Waals surface area (Å²) < 4.78 is 4.80. The van der Waals surface area contributed by atoms with Crippen LogP contribution >= 0.6 is 12.2 Å². The minimum absolute atomic E-state index is 0.0597. The molecule has 0 spiro atoms. The number of nitrogens with zero attached hydrogens (tertiary/aromatic N) is 1. The molecule has 30 heavy (non-hydrogen) atoms. The number of piperidine rings is 1. The van der Waals surface area contributed by atoms with E-state index in [-0.39, 0.29) is 12.0 Å². The molecule has 2 N–H and O–H groups in total. The van der Waals surface area contributed by atoms with Crippen molar-refractivity contribution in [1.82, 2.24) is 5.32 Å². The molecule has 1 heterocycles. The van der Waals surface area contributed by atoms with Gasteiger partial charge in [-0.05, 0) is 80.2 Å². The number of hydrogen-bond donors (Lipinski definition) is 2. The van der Waals surface area contributed by atoms with Crippen LogP contribution in [0.3, 0.4) is 0 Å². The number of nitrogens with one attached hydrogen (secondary N) is 2. The molecule has 0 saturated carbocycles. The first kappa shape index (κ1) is 22.1. The van der Waals surface area contributed by atoms with Gasteiger partial charge in [0.05, 0.1) is 18.7 Å². The highest BCUT2D eigenvalue weighted by atomic mass is 32.1. The Kier molecular flexibility index (Phi) is 7.32. The van der Waals surface area contributed by atoms with Crippen LogP contribution in [0.5, 0.6) is 0 Å². The van der Waals surface area contributed by atoms with Gasteiger partial charge in [-0.3, -0.25) is 0 Å². The minimum atomic E-state index is -0.367. The second-order valence-corrected chi connectivity index (χ2v) is 8.51. The van der Waals surface area contributed by atoms with Gasteiger partial charge in [0.15, 0.2) is 5.11 Å². The summed E-state index contributed by atoms with van der Waals surface area (Å²) in [5.41, 5.74) is 4.74. The number of aryl methyl sites for hydroxylation is 1. The zero-order chi connectivity index (χ0) is 21.7. The van der Waals surface area contributed by atoms with E-state index in [2.05, 4.69) is 53.6 Å². The first-order chi connectivity index (χ1) is 14.4. The number of benzene rings is 2. The van der Waals surface area contributed by atoms with Crippen LogP contribution in [-0.4, -0.2) is 31.3 Å². The summed E-state index contributed by atoms with van der Waals surface area (Å²) in [5.74, 6) is 0.462. The molecule has 0 amide bonds. The Morgan fingerprint density at radius 2 is 1.83 bits per heavy atom. The third-order valence-electron chi connectivity index (χ3n) is 5.80. The summed E-state index contributed by atoms with van der Waals surface area (Å²) in [6.45, 7) is 8.65. The van der Waals surface area contributed by atoms with Gasteiger partial charge >= 0.3 is 5.97 Å². The lowest BCUT2D eigenvalue weighted by Gasteiger charge is -2.32. The average Bonchev–Trinajstić information content (AvgIpc) is 2.75. The summed E-state index contributed by atoms with van der Waals surface area (Å²) in [6, 6.07) is 14.2. The van der Waals surface area contributed by atoms with E-state index in [1.807, 2.05) is 13.0 Å². The van der Waals surface area contributed by atoms with Crippen LogP contribution in [0.4, 0.5) is 11.4 Å². The SMILES string of the molecule is COC(=O)c1ccc(C)c(NC(=S)NC(C)c2ccc(N3CCC(C)CC3)cc2)c1. The van der Waals surface area contributed by atoms with Crippen LogP contribution in [0.15, 0.2) is 42.5 Å². The van der Waals surface area contributed by atoms with Crippen molar-refractivity contribution < 1.29 is 9.53 Å². The smallest absolute Gasteiger partial charge is 0.337 e. The summed E-state index contributed by atoms with van der Waals surface area (Å²) >= 11 is 5.50. The van der Waals surface area contributed by atoms with Gasteiger partial charge in [0.2, 0.25) is 0 Å². The van der Waals surface area contributed by atoms with Crippen molar-refractivity contribution in [1.29, 1.82) is 0 Å². The standard InChI is InChI=1S/C24H31N3O2S/c1-16-11-13-27(14-12-16)21-9-7-19(8-10-21)18(3)25-24(30)26-22-15-20(23(28)29-4)6-5-17(22)2/h5-10,15-16,18H,11-14H2,1-4H3,(H2,25,26,30). The lowest BCUT2D eigenvalue weighted by molar-refractivity contribution is 0.0601. The second-order valence-electron chi connectivity index (χ2n) is 8.10. The fourth-order valence-electron chi connectivity index (χ4n) is 3.68. The van der Waals surface area contributed by atoms with Gasteiger partial charge in [0, 0.05) is 24.5 Å². The fourth-order valence-corrected chi connectivity index (χ4v) is 3.97. The van der Waals surface area contributed by atoms with Gasteiger partial charge in [-0.15, -0.1) is 0 Å². The number of carbonyl (C=O) groups excluding carboxylic acids is 1. The number of thiocarbonyl (C=S) groups is 1. The zero-order valence-electron chi connectivity index (χ0n) is 18.2. The highest BCUT2D eigenvalue weighted by molar-refractivity contribution is 7.80. The molecule has 1 atom stereocenters. The van der Waals surface area contributed by atoms with Crippen molar-refractivity contribution in [3.05, 3.63) is 59.2 Å². The zero-order valence-corrected chi connectivity index (χ0v) is 19.0. The van der Waals surface area contributed by atoms with Crippen LogP contribution in [0, 0.1) is 12.8 Å². The van der Waals surface area contributed by atoms with Crippen molar-refractivity contribution in [2.75, 3.05) is 30.4 Å². The van der Waals surface area contributed by atoms with E-state index >= 15 is 0 Å². The number of methoxy groups -OCH3 is 1. The van der Waals surface area contributed by atoms with Crippen LogP contribution in [-0.2, 0) is 4.74 Å². The van der Waals surface area contributed by atoms with Crippen LogP contribution in [0.2, 0.25) is 0 Å². The lowest BCUT2D eigenvalue weighted by atomic mass is 9.98. The number of ether oxygens (including phenoxy) is 1. The molecule has 1 saturated heterocycles. The summed E-state index contributed by atoms with van der Waals surface area (Å²) in [6.07, 6.45) is 2.52. The Bertz CT molecular complexity index is 890. The predicted molar refractivity (Wildman–Crippen MR) is 127 cm³/mol. The monoisotopic (exact) mass is 425 g/mol. The van der Waals surface area contributed by atoms with Crippen molar-refractivity contribution in [3.8, 4) is 0 Å². The van der Waals surface area contributed by atoms with E-state index in [9.17, 15) is 4.79 Å². The minimum Gasteiger partial charge on any atom is -0.465 e. The maximum absolute atomic E-state index is 11.8. The highest BCUT2D eigenvalue weighted by Gasteiger charge is 2.16. The fraction of sp³-hybridized carbons (Fsp3) is 0.417. The Morgan fingerprint density at radius 3 is 2.47 bits per heavy atom. The molecule has 1 aliphatic rings. The number of hydrogen-bond acceptors (Lipinski definition) is 4. The summed E-state index contributed by atoms with van der Waals surface area (Å²) in [7, 11) is 1.38. The highest BCUT2D eigenvalue weighted by Crippen LogP contribution is 2.25. The second kappa shape index (κ2) is 9.94. The van der Waals surface area contributed by atoms with Crippen molar-refractivity contribution >= 4 is 34.7 Å². The first-order valence-corrected chi connectivity index (χ1v) is 10.9. The van der Waals surface area contributed by atoms with Crippen LogP contribution in [0.1, 0.15) is 54.2 Å². The molecule has 0 bridgehead atoms. The molecule has 160 valence electrons. The molecule has 0 aliphatic carbocycles. The Labute approximate surface area is 184 Å². The molecule has 0 radical (unpaired) electrons. The number of rotatable bonds is 5. The summed E-state index contributed by atoms with van der Waals surface area (Å²) in [5, 5.41) is 7.05. The molecule has 3 rings (SSSR count). The van der Waals surface area contributed by atoms with Gasteiger partial charge < -0.3 is 20.3 Å². The van der Waals surface area contributed by atoms with E-state index in [1.54, 1.807) is 12.1 Å². The third kappa shape index (κ3) is 5.51. The van der Waals surface area contributed by atoms with E-state index in [0.29, 0.717) is 10.7 Å². The largest absolute Gasteiger partial charge is 0.465 e. The quantitative estimate of drug-likeness (QED) is 0.516. The van der Waals surface area contributed by atoms with Crippen LogP contribution < -0.4 is 15.5 Å². The molecule has 5 nitrogen and oxygen atoms in total. The molecule has 1 aliphatic heterocycles. The van der Waals surface area contributed by atoms with Crippen molar-refractivity contribution in [2.45, 2.75) is 39.7 Å². The van der Waals surface area contributed by atoms with E-state index < -0.39 is 0 Å². The molecule has 6 heteroatoms. The molecule has 2 aromatic carbocycles. The number of anilines is 2. The van der Waals surface area contributed by atoms with E-state index in [0.717, 1.165) is 30.3 Å². The molecular weight excluding hydrogens is 394 g/mol. The van der Waals surface area contributed by atoms with Gasteiger partial charge in [0.1, 0.15) is 0 Å². The first-order valence-electron chi connectivity index (χ1n) is 10.5. The van der Waals surface area contributed by atoms with E-state index in [1.165, 1.54) is 31.2 Å². The number of carbonyl (C=O) groups is 1. The lowest BCUT2D eigenvalue weighted by Crippen LogP contribution is -2.33. The third-order valence-corrected chi connectivity index (χ3v) is 6.02. The van der Waals surface area contributed by atoms with Gasteiger partial charge in [-0.25, -0.2) is 4.79 Å². The van der Waals surface area contributed by atoms with Gasteiger partial charge in [-0.2, -0.15) is 0 Å². The molecule has 0 aromatic heterocycles. The topological polar surface area (TPSA) is 53.6 Å². The molecule has 1 unspecified atom stereocenters. The Morgan fingerprint density at radius 1 is 1.17 bits per heavy atom. The Hall–Kier alpha value is -2.60. The summed E-state index contributed by atoms with van der Waals surface area (Å²) in [4.78, 5) is 14.2. The maximum Gasteiger partial charge on any atom is 0.337 e. The average molecular weight is 426 g/mol. The normalized spacial score (nSPS) is 15.4. The van der Waals surface area contributed by atoms with Crippen molar-refractivity contribution in [3.63, 3.8) is 0 Å². The molecule has 2 aromatic rings. The maximum atomic E-state index is 11.8. The van der Waals surface area contributed by atoms with E-state index in [4.69, 9.17) is 17.0 Å².